The lowest BCUT2D eigenvalue weighted by atomic mass is 10.1. The normalized spacial score (nSPS) is 10.3. The number of hydrogen-bond acceptors (Lipinski definition) is 3. The first-order valence-corrected chi connectivity index (χ1v) is 6.72. The maximum absolute atomic E-state index is 12.7. The zero-order valence-corrected chi connectivity index (χ0v) is 11.6. The van der Waals surface area contributed by atoms with Gasteiger partial charge in [0.2, 0.25) is 0 Å². The van der Waals surface area contributed by atoms with Crippen molar-refractivity contribution in [3.63, 3.8) is 0 Å². The van der Waals surface area contributed by atoms with Crippen molar-refractivity contribution >= 4 is 11.6 Å². The molecule has 1 aromatic heterocycles. The number of pyridine rings is 1. The summed E-state index contributed by atoms with van der Waals surface area (Å²) >= 11 is 0. The van der Waals surface area contributed by atoms with Crippen molar-refractivity contribution in [2.24, 2.45) is 5.73 Å². The van der Waals surface area contributed by atoms with Gasteiger partial charge in [0, 0.05) is 29.7 Å². The van der Waals surface area contributed by atoms with Crippen LogP contribution >= 0.6 is 0 Å². The number of anilines is 1. The second-order valence-corrected chi connectivity index (χ2v) is 4.62. The molecule has 2 aromatic rings. The first-order valence-electron chi connectivity index (χ1n) is 6.72. The quantitative estimate of drug-likeness (QED) is 0.906. The molecule has 0 aliphatic heterocycles. The summed E-state index contributed by atoms with van der Waals surface area (Å²) in [7, 11) is 0. The number of nitrogens with zero attached hydrogens (tertiary/aromatic N) is 2. The molecule has 0 spiro atoms. The Balaban J connectivity index is 2.29. The van der Waals surface area contributed by atoms with Gasteiger partial charge in [0.25, 0.3) is 5.91 Å². The van der Waals surface area contributed by atoms with E-state index in [9.17, 15) is 4.79 Å². The Morgan fingerprint density at radius 3 is 2.65 bits per heavy atom. The first kappa shape index (κ1) is 14.2. The Morgan fingerprint density at radius 2 is 2.00 bits per heavy atom. The lowest BCUT2D eigenvalue weighted by Gasteiger charge is -2.22. The molecule has 104 valence electrons. The molecule has 0 aliphatic rings. The maximum Gasteiger partial charge on any atom is 0.258 e. The van der Waals surface area contributed by atoms with Gasteiger partial charge in [-0.1, -0.05) is 18.2 Å². The predicted octanol–water partition coefficient (Wildman–Crippen LogP) is 2.39. The Bertz CT molecular complexity index is 569. The van der Waals surface area contributed by atoms with Crippen LogP contribution in [0.3, 0.4) is 0 Å². The monoisotopic (exact) mass is 269 g/mol. The van der Waals surface area contributed by atoms with E-state index in [-0.39, 0.29) is 5.91 Å². The Morgan fingerprint density at radius 1 is 1.25 bits per heavy atom. The number of benzene rings is 1. The number of rotatable bonds is 5. The third kappa shape index (κ3) is 3.42. The van der Waals surface area contributed by atoms with Gasteiger partial charge >= 0.3 is 0 Å². The van der Waals surface area contributed by atoms with Crippen LogP contribution in [0.1, 0.15) is 22.5 Å². The molecule has 0 saturated carbocycles. The topological polar surface area (TPSA) is 59.2 Å². The number of amides is 1. The van der Waals surface area contributed by atoms with Gasteiger partial charge < -0.3 is 10.6 Å². The SMILES string of the molecule is Cc1cc(C(=O)N(CCCN)c2ccccc2)ccn1. The largest absolute Gasteiger partial charge is 0.330 e. The summed E-state index contributed by atoms with van der Waals surface area (Å²) < 4.78 is 0. The average molecular weight is 269 g/mol. The van der Waals surface area contributed by atoms with Gasteiger partial charge in [-0.25, -0.2) is 0 Å². The third-order valence-electron chi connectivity index (χ3n) is 3.04. The highest BCUT2D eigenvalue weighted by atomic mass is 16.2. The molecule has 0 fully saturated rings. The minimum absolute atomic E-state index is 0.0184. The predicted molar refractivity (Wildman–Crippen MR) is 80.8 cm³/mol. The number of nitrogens with two attached hydrogens (primary N) is 1. The van der Waals surface area contributed by atoms with E-state index >= 15 is 0 Å². The van der Waals surface area contributed by atoms with Crippen LogP contribution in [0.2, 0.25) is 0 Å². The lowest BCUT2D eigenvalue weighted by Crippen LogP contribution is -2.33. The van der Waals surface area contributed by atoms with Crippen LogP contribution in [0.4, 0.5) is 5.69 Å². The van der Waals surface area contributed by atoms with E-state index in [4.69, 9.17) is 5.73 Å². The second kappa shape index (κ2) is 6.82. The summed E-state index contributed by atoms with van der Waals surface area (Å²) in [6.07, 6.45) is 2.43. The summed E-state index contributed by atoms with van der Waals surface area (Å²) in [5, 5.41) is 0. The number of carbonyl (C=O) groups excluding carboxylic acids is 1. The highest BCUT2D eigenvalue weighted by Crippen LogP contribution is 2.17. The standard InChI is InChI=1S/C16H19N3O/c1-13-12-14(8-10-18-13)16(20)19(11-5-9-17)15-6-3-2-4-7-15/h2-4,6-8,10,12H,5,9,11,17H2,1H3. The van der Waals surface area contributed by atoms with Crippen LogP contribution in [-0.4, -0.2) is 24.0 Å². The molecule has 2 N–H and O–H groups in total. The van der Waals surface area contributed by atoms with Crippen molar-refractivity contribution < 1.29 is 4.79 Å². The first-order chi connectivity index (χ1) is 9.72. The fourth-order valence-corrected chi connectivity index (χ4v) is 2.04. The molecule has 0 aliphatic carbocycles. The molecule has 0 radical (unpaired) electrons. The van der Waals surface area contributed by atoms with E-state index in [1.54, 1.807) is 23.2 Å². The van der Waals surface area contributed by atoms with Gasteiger partial charge in [-0.15, -0.1) is 0 Å². The zero-order chi connectivity index (χ0) is 14.4. The molecule has 0 atom stereocenters. The summed E-state index contributed by atoms with van der Waals surface area (Å²) in [6, 6.07) is 13.2. The number of hydrogen-bond donors (Lipinski definition) is 1. The Hall–Kier alpha value is -2.20. The fraction of sp³-hybridized carbons (Fsp3) is 0.250. The van der Waals surface area contributed by atoms with Gasteiger partial charge in [-0.05, 0) is 44.2 Å². The second-order valence-electron chi connectivity index (χ2n) is 4.62. The van der Waals surface area contributed by atoms with Crippen LogP contribution in [0, 0.1) is 6.92 Å². The number of carbonyl (C=O) groups is 1. The summed E-state index contributed by atoms with van der Waals surface area (Å²) in [4.78, 5) is 18.6. The summed E-state index contributed by atoms with van der Waals surface area (Å²) in [5.41, 5.74) is 7.95. The van der Waals surface area contributed by atoms with E-state index in [1.807, 2.05) is 37.3 Å². The molecule has 4 nitrogen and oxygen atoms in total. The highest BCUT2D eigenvalue weighted by Gasteiger charge is 2.17. The van der Waals surface area contributed by atoms with Crippen molar-refractivity contribution in [2.75, 3.05) is 18.0 Å². The summed E-state index contributed by atoms with van der Waals surface area (Å²) in [6.45, 7) is 3.05. The number of aryl methyl sites for hydroxylation is 1. The van der Waals surface area contributed by atoms with Gasteiger partial charge in [0.05, 0.1) is 0 Å². The van der Waals surface area contributed by atoms with E-state index < -0.39 is 0 Å². The van der Waals surface area contributed by atoms with Gasteiger partial charge in [0.15, 0.2) is 0 Å². The van der Waals surface area contributed by atoms with E-state index in [0.29, 0.717) is 18.7 Å². The number of para-hydroxylation sites is 1. The van der Waals surface area contributed by atoms with Crippen LogP contribution in [-0.2, 0) is 0 Å². The van der Waals surface area contributed by atoms with Gasteiger partial charge in [-0.3, -0.25) is 9.78 Å². The molecule has 0 unspecified atom stereocenters. The molecule has 20 heavy (non-hydrogen) atoms. The molecular formula is C16H19N3O. The van der Waals surface area contributed by atoms with Gasteiger partial charge in [0.1, 0.15) is 0 Å². The Kier molecular flexibility index (Phi) is 4.85. The van der Waals surface area contributed by atoms with E-state index in [1.165, 1.54) is 0 Å². The molecular weight excluding hydrogens is 250 g/mol. The lowest BCUT2D eigenvalue weighted by molar-refractivity contribution is 0.0986. The molecule has 1 amide bonds. The van der Waals surface area contributed by atoms with Crippen LogP contribution in [0.25, 0.3) is 0 Å². The molecule has 4 heteroatoms. The molecule has 0 saturated heterocycles. The van der Waals surface area contributed by atoms with Crippen molar-refractivity contribution in [1.82, 2.24) is 4.98 Å². The molecule has 1 aromatic carbocycles. The third-order valence-corrected chi connectivity index (χ3v) is 3.04. The van der Waals surface area contributed by atoms with Crippen LogP contribution < -0.4 is 10.6 Å². The van der Waals surface area contributed by atoms with Gasteiger partial charge in [-0.2, -0.15) is 0 Å². The molecule has 0 bridgehead atoms. The smallest absolute Gasteiger partial charge is 0.258 e. The minimum atomic E-state index is -0.0184. The highest BCUT2D eigenvalue weighted by molar-refractivity contribution is 6.06. The average Bonchev–Trinajstić information content (AvgIpc) is 2.48. The van der Waals surface area contributed by atoms with Crippen LogP contribution in [0.5, 0.6) is 0 Å². The minimum Gasteiger partial charge on any atom is -0.330 e. The Labute approximate surface area is 119 Å². The molecule has 1 heterocycles. The van der Waals surface area contributed by atoms with E-state index in [2.05, 4.69) is 4.98 Å². The van der Waals surface area contributed by atoms with Crippen molar-refractivity contribution in [3.8, 4) is 0 Å². The van der Waals surface area contributed by atoms with E-state index in [0.717, 1.165) is 17.8 Å². The summed E-state index contributed by atoms with van der Waals surface area (Å²) in [5.74, 6) is -0.0184. The zero-order valence-electron chi connectivity index (χ0n) is 11.6. The number of aromatic nitrogens is 1. The maximum atomic E-state index is 12.7. The fourth-order valence-electron chi connectivity index (χ4n) is 2.04. The van der Waals surface area contributed by atoms with Crippen molar-refractivity contribution in [1.29, 1.82) is 0 Å². The van der Waals surface area contributed by atoms with Crippen LogP contribution in [0.15, 0.2) is 48.7 Å². The molecule has 2 rings (SSSR count). The van der Waals surface area contributed by atoms with Crippen molar-refractivity contribution in [2.45, 2.75) is 13.3 Å². The van der Waals surface area contributed by atoms with Crippen molar-refractivity contribution in [3.05, 3.63) is 59.9 Å².